The highest BCUT2D eigenvalue weighted by molar-refractivity contribution is 5.74. The summed E-state index contributed by atoms with van der Waals surface area (Å²) in [6, 6.07) is 7.81. The lowest BCUT2D eigenvalue weighted by Gasteiger charge is -2.18. The maximum absolute atomic E-state index is 13.0. The third kappa shape index (κ3) is 3.95. The Morgan fingerprint density at radius 3 is 2.00 bits per heavy atom. The van der Waals surface area contributed by atoms with E-state index in [0.29, 0.717) is 0 Å². The Morgan fingerprint density at radius 1 is 0.826 bits per heavy atom. The molecule has 0 bridgehead atoms. The number of hydrogen-bond acceptors (Lipinski definition) is 2. The van der Waals surface area contributed by atoms with Crippen LogP contribution in [0.5, 0.6) is 5.75 Å². The van der Waals surface area contributed by atoms with Gasteiger partial charge in [0.05, 0.1) is 12.2 Å². The predicted octanol–water partition coefficient (Wildman–Crippen LogP) is 4.76. The van der Waals surface area contributed by atoms with Crippen LogP contribution in [0, 0.1) is 0 Å². The van der Waals surface area contributed by atoms with Crippen LogP contribution < -0.4 is 4.74 Å². The Hall–Kier alpha value is -2.22. The van der Waals surface area contributed by atoms with Crippen LogP contribution in [0.25, 0.3) is 11.1 Å². The first-order valence-corrected chi connectivity index (χ1v) is 6.28. The lowest BCUT2D eigenvalue weighted by atomic mass is 9.95. The van der Waals surface area contributed by atoms with Gasteiger partial charge in [0.1, 0.15) is 5.75 Å². The highest BCUT2D eigenvalue weighted by Crippen LogP contribution is 2.40. The van der Waals surface area contributed by atoms with Crippen molar-refractivity contribution in [2.24, 2.45) is 0 Å². The van der Waals surface area contributed by atoms with E-state index in [9.17, 15) is 31.4 Å². The molecule has 8 heteroatoms. The van der Waals surface area contributed by atoms with E-state index in [2.05, 4.69) is 4.74 Å². The summed E-state index contributed by atoms with van der Waals surface area (Å²) in [5, 5.41) is 9.28. The van der Waals surface area contributed by atoms with Crippen molar-refractivity contribution in [1.82, 2.24) is 0 Å². The first kappa shape index (κ1) is 17.1. The molecule has 0 aromatic heterocycles. The summed E-state index contributed by atoms with van der Waals surface area (Å²) in [6.45, 7) is -0.981. The van der Waals surface area contributed by atoms with Crippen LogP contribution in [0.1, 0.15) is 11.1 Å². The average molecular weight is 336 g/mol. The van der Waals surface area contributed by atoms with Crippen LogP contribution in [-0.4, -0.2) is 11.5 Å². The standard InChI is InChI=1S/C15H10F6O2/c16-14(17,18)12-6-3-5-9(11(12)8-22)10-4-1-2-7-13(10)23-15(19,20)21/h1-7,22H,8H2. The SMILES string of the molecule is OCc1c(-c2ccccc2OC(F)(F)F)cccc1C(F)(F)F. The summed E-state index contributed by atoms with van der Waals surface area (Å²) in [7, 11) is 0. The summed E-state index contributed by atoms with van der Waals surface area (Å²) >= 11 is 0. The quantitative estimate of drug-likeness (QED) is 0.819. The fourth-order valence-electron chi connectivity index (χ4n) is 2.18. The molecule has 0 saturated heterocycles. The molecule has 0 aliphatic carbocycles. The van der Waals surface area contributed by atoms with Gasteiger partial charge in [0.2, 0.25) is 0 Å². The van der Waals surface area contributed by atoms with Gasteiger partial charge in [0.25, 0.3) is 0 Å². The Balaban J connectivity index is 2.64. The number of hydrogen-bond donors (Lipinski definition) is 1. The van der Waals surface area contributed by atoms with E-state index < -0.39 is 36.0 Å². The van der Waals surface area contributed by atoms with Crippen molar-refractivity contribution >= 4 is 0 Å². The number of rotatable bonds is 3. The Morgan fingerprint density at radius 2 is 1.43 bits per heavy atom. The minimum atomic E-state index is -4.99. The zero-order valence-electron chi connectivity index (χ0n) is 11.4. The summed E-state index contributed by atoms with van der Waals surface area (Å²) in [4.78, 5) is 0. The van der Waals surface area contributed by atoms with Crippen LogP contribution in [0.4, 0.5) is 26.3 Å². The minimum Gasteiger partial charge on any atom is -0.405 e. The molecular weight excluding hydrogens is 326 g/mol. The number of para-hydroxylation sites is 1. The van der Waals surface area contributed by atoms with Gasteiger partial charge in [-0.3, -0.25) is 0 Å². The smallest absolute Gasteiger partial charge is 0.405 e. The highest BCUT2D eigenvalue weighted by Gasteiger charge is 2.35. The molecule has 0 atom stereocenters. The van der Waals surface area contributed by atoms with Gasteiger partial charge in [-0.1, -0.05) is 30.3 Å². The van der Waals surface area contributed by atoms with Gasteiger partial charge in [-0.15, -0.1) is 13.2 Å². The van der Waals surface area contributed by atoms with Crippen molar-refractivity contribution in [2.45, 2.75) is 19.1 Å². The van der Waals surface area contributed by atoms with Crippen LogP contribution in [0.15, 0.2) is 42.5 Å². The Kier molecular flexibility index (Phi) is 4.56. The van der Waals surface area contributed by atoms with Crippen LogP contribution in [-0.2, 0) is 12.8 Å². The van der Waals surface area contributed by atoms with Crippen molar-refractivity contribution in [3.63, 3.8) is 0 Å². The fourth-order valence-corrected chi connectivity index (χ4v) is 2.18. The van der Waals surface area contributed by atoms with Crippen molar-refractivity contribution in [2.75, 3.05) is 0 Å². The molecule has 124 valence electrons. The summed E-state index contributed by atoms with van der Waals surface area (Å²) < 4.78 is 80.1. The molecule has 1 N–H and O–H groups in total. The molecule has 2 nitrogen and oxygen atoms in total. The molecule has 0 saturated carbocycles. The van der Waals surface area contributed by atoms with Gasteiger partial charge < -0.3 is 9.84 Å². The van der Waals surface area contributed by atoms with E-state index >= 15 is 0 Å². The molecule has 0 amide bonds. The molecule has 0 spiro atoms. The molecule has 23 heavy (non-hydrogen) atoms. The second kappa shape index (κ2) is 6.11. The first-order valence-electron chi connectivity index (χ1n) is 6.28. The average Bonchev–Trinajstić information content (AvgIpc) is 2.44. The maximum atomic E-state index is 13.0. The molecule has 2 aromatic rings. The van der Waals surface area contributed by atoms with Crippen molar-refractivity contribution < 1.29 is 36.2 Å². The van der Waals surface area contributed by atoms with E-state index in [0.717, 1.165) is 18.2 Å². The molecule has 0 aliphatic rings. The maximum Gasteiger partial charge on any atom is 0.573 e. The lowest BCUT2D eigenvalue weighted by Crippen LogP contribution is -2.18. The van der Waals surface area contributed by atoms with E-state index in [1.165, 1.54) is 24.3 Å². The molecule has 2 aromatic carbocycles. The lowest BCUT2D eigenvalue weighted by molar-refractivity contribution is -0.274. The second-order valence-electron chi connectivity index (χ2n) is 4.53. The number of benzene rings is 2. The normalized spacial score (nSPS) is 12.3. The van der Waals surface area contributed by atoms with Crippen molar-refractivity contribution in [1.29, 1.82) is 0 Å². The molecule has 0 aliphatic heterocycles. The first-order chi connectivity index (χ1) is 10.6. The van der Waals surface area contributed by atoms with Crippen LogP contribution in [0.3, 0.4) is 0 Å². The van der Waals surface area contributed by atoms with Gasteiger partial charge in [0, 0.05) is 5.56 Å². The third-order valence-corrected chi connectivity index (χ3v) is 3.04. The van der Waals surface area contributed by atoms with E-state index in [1.807, 2.05) is 0 Å². The molecule has 0 unspecified atom stereocenters. The zero-order chi connectivity index (χ0) is 17.3. The number of aliphatic hydroxyl groups is 1. The zero-order valence-corrected chi connectivity index (χ0v) is 11.4. The van der Waals surface area contributed by atoms with E-state index in [1.54, 1.807) is 0 Å². The molecule has 0 radical (unpaired) electrons. The van der Waals surface area contributed by atoms with Gasteiger partial charge in [-0.05, 0) is 23.3 Å². The van der Waals surface area contributed by atoms with Gasteiger partial charge >= 0.3 is 12.5 Å². The monoisotopic (exact) mass is 336 g/mol. The Bertz CT molecular complexity index is 691. The predicted molar refractivity (Wildman–Crippen MR) is 69.5 cm³/mol. The number of aliphatic hydroxyl groups excluding tert-OH is 1. The second-order valence-corrected chi connectivity index (χ2v) is 4.53. The molecular formula is C15H10F6O2. The topological polar surface area (TPSA) is 29.5 Å². The van der Waals surface area contributed by atoms with Gasteiger partial charge in [0.15, 0.2) is 0 Å². The number of ether oxygens (including phenoxy) is 1. The fraction of sp³-hybridized carbons (Fsp3) is 0.200. The van der Waals surface area contributed by atoms with E-state index in [-0.39, 0.29) is 11.1 Å². The number of alkyl halides is 6. The van der Waals surface area contributed by atoms with Gasteiger partial charge in [-0.25, -0.2) is 0 Å². The number of halogens is 6. The van der Waals surface area contributed by atoms with Gasteiger partial charge in [-0.2, -0.15) is 13.2 Å². The van der Waals surface area contributed by atoms with E-state index in [4.69, 9.17) is 0 Å². The molecule has 0 heterocycles. The largest absolute Gasteiger partial charge is 0.573 e. The third-order valence-electron chi connectivity index (χ3n) is 3.04. The summed E-state index contributed by atoms with van der Waals surface area (Å²) in [6.07, 6.45) is -9.73. The molecule has 0 fully saturated rings. The molecule has 2 rings (SSSR count). The van der Waals surface area contributed by atoms with Crippen molar-refractivity contribution in [3.05, 3.63) is 53.6 Å². The van der Waals surface area contributed by atoms with Crippen LogP contribution >= 0.6 is 0 Å². The Labute approximate surface area is 126 Å². The minimum absolute atomic E-state index is 0.179. The van der Waals surface area contributed by atoms with Crippen LogP contribution in [0.2, 0.25) is 0 Å². The highest BCUT2D eigenvalue weighted by atomic mass is 19.4. The summed E-state index contributed by atoms with van der Waals surface area (Å²) in [5.41, 5.74) is -2.00. The summed E-state index contributed by atoms with van der Waals surface area (Å²) in [5.74, 6) is -0.644. The van der Waals surface area contributed by atoms with Crippen molar-refractivity contribution in [3.8, 4) is 16.9 Å².